The third-order valence-electron chi connectivity index (χ3n) is 5.62. The van der Waals surface area contributed by atoms with Gasteiger partial charge in [0.2, 0.25) is 27.6 Å². The minimum atomic E-state index is -3.78. The highest BCUT2D eigenvalue weighted by atomic mass is 32.2. The Kier molecular flexibility index (Phi) is 6.91. The minimum Gasteiger partial charge on any atom is -0.352 e. The number of halogens is 1. The van der Waals surface area contributed by atoms with E-state index in [9.17, 15) is 17.6 Å². The Morgan fingerprint density at radius 1 is 1.33 bits per heavy atom. The van der Waals surface area contributed by atoms with Crippen LogP contribution in [0.15, 0.2) is 39.8 Å². The summed E-state index contributed by atoms with van der Waals surface area (Å²) in [6.07, 6.45) is 1.80. The van der Waals surface area contributed by atoms with E-state index in [1.807, 2.05) is 6.92 Å². The van der Waals surface area contributed by atoms with E-state index >= 15 is 0 Å². The number of benzene rings is 1. The maximum atomic E-state index is 13.4. The fourth-order valence-corrected chi connectivity index (χ4v) is 6.79. The average Bonchev–Trinajstić information content (AvgIpc) is 3.45. The molecule has 0 aliphatic carbocycles. The fraction of sp³-hybridized carbons (Fsp3) is 0.409. The maximum Gasteiger partial charge on any atom is 0.244 e. The van der Waals surface area contributed by atoms with Crippen LogP contribution >= 0.6 is 11.3 Å². The first-order valence-corrected chi connectivity index (χ1v) is 13.0. The lowest BCUT2D eigenvalue weighted by atomic mass is 9.99. The third-order valence-corrected chi connectivity index (χ3v) is 8.78. The molecule has 0 saturated carbocycles. The van der Waals surface area contributed by atoms with Crippen molar-refractivity contribution in [3.63, 3.8) is 0 Å². The number of nitrogens with zero attached hydrogens (tertiary/aromatic N) is 3. The van der Waals surface area contributed by atoms with Gasteiger partial charge in [0.25, 0.3) is 0 Å². The van der Waals surface area contributed by atoms with E-state index in [0.29, 0.717) is 47.3 Å². The molecule has 0 radical (unpaired) electrons. The quantitative estimate of drug-likeness (QED) is 0.541. The molecule has 33 heavy (non-hydrogen) atoms. The molecule has 8 nitrogen and oxygen atoms in total. The lowest BCUT2D eigenvalue weighted by molar-refractivity contribution is -0.126. The predicted molar refractivity (Wildman–Crippen MR) is 121 cm³/mol. The smallest absolute Gasteiger partial charge is 0.244 e. The van der Waals surface area contributed by atoms with E-state index in [0.717, 1.165) is 5.56 Å². The second-order valence-corrected chi connectivity index (χ2v) is 11.1. The highest BCUT2D eigenvalue weighted by Gasteiger charge is 2.35. The van der Waals surface area contributed by atoms with E-state index in [1.165, 1.54) is 27.8 Å². The van der Waals surface area contributed by atoms with Gasteiger partial charge in [0.05, 0.1) is 15.7 Å². The van der Waals surface area contributed by atoms with Crippen molar-refractivity contribution >= 4 is 27.3 Å². The number of aryl methyl sites for hydroxylation is 2. The summed E-state index contributed by atoms with van der Waals surface area (Å²) in [7, 11) is -3.78. The number of sulfonamides is 1. The molecule has 0 spiro atoms. The number of rotatable bonds is 7. The van der Waals surface area contributed by atoms with Gasteiger partial charge in [0, 0.05) is 30.9 Å². The minimum absolute atomic E-state index is 0.115. The van der Waals surface area contributed by atoms with Crippen LogP contribution in [0.1, 0.15) is 36.1 Å². The van der Waals surface area contributed by atoms with Crippen LogP contribution in [0.4, 0.5) is 4.39 Å². The molecule has 1 aromatic carbocycles. The monoisotopic (exact) mass is 492 g/mol. The summed E-state index contributed by atoms with van der Waals surface area (Å²) >= 11 is 1.30. The van der Waals surface area contributed by atoms with Gasteiger partial charge in [-0.25, -0.2) is 12.8 Å². The molecule has 4 rings (SSSR count). The van der Waals surface area contributed by atoms with Crippen molar-refractivity contribution in [2.45, 2.75) is 44.6 Å². The summed E-state index contributed by atoms with van der Waals surface area (Å²) in [4.78, 5) is 18.5. The number of hydrogen-bond donors (Lipinski definition) is 1. The summed E-state index contributed by atoms with van der Waals surface area (Å²) < 4.78 is 46.4. The van der Waals surface area contributed by atoms with E-state index in [2.05, 4.69) is 15.5 Å². The zero-order chi connectivity index (χ0) is 23.6. The van der Waals surface area contributed by atoms with Gasteiger partial charge in [-0.2, -0.15) is 9.29 Å². The fourth-order valence-electron chi connectivity index (χ4n) is 3.78. The maximum absolute atomic E-state index is 13.4. The highest BCUT2D eigenvalue weighted by Crippen LogP contribution is 2.35. The number of thiophene rings is 1. The van der Waals surface area contributed by atoms with Crippen LogP contribution in [0.25, 0.3) is 10.7 Å². The number of carbonyl (C=O) groups excluding carboxylic acids is 1. The van der Waals surface area contributed by atoms with Gasteiger partial charge in [-0.1, -0.05) is 24.2 Å². The van der Waals surface area contributed by atoms with Crippen molar-refractivity contribution < 1.29 is 22.1 Å². The first-order valence-electron chi connectivity index (χ1n) is 10.7. The Labute approximate surface area is 195 Å². The van der Waals surface area contributed by atoms with Gasteiger partial charge in [0.15, 0.2) is 0 Å². The van der Waals surface area contributed by atoms with E-state index in [-0.39, 0.29) is 29.7 Å². The second kappa shape index (κ2) is 9.70. The van der Waals surface area contributed by atoms with Crippen LogP contribution in [0.5, 0.6) is 0 Å². The van der Waals surface area contributed by atoms with E-state index < -0.39 is 15.9 Å². The number of nitrogens with one attached hydrogen (secondary N) is 1. The summed E-state index contributed by atoms with van der Waals surface area (Å²) in [5, 5.41) is 6.77. The molecule has 1 aliphatic heterocycles. The largest absolute Gasteiger partial charge is 0.352 e. The number of aromatic nitrogens is 2. The Morgan fingerprint density at radius 2 is 2.09 bits per heavy atom. The molecule has 1 aliphatic rings. The standard InChI is InChI=1S/C22H25FN4O4S2/c1-3-20-25-21(26-31-20)18-11-19(14(2)32-18)33(29,30)27-10-4-5-16(13-27)22(28)24-12-15-6-8-17(23)9-7-15/h6-9,11,16H,3-5,10,12-13H2,1-2H3,(H,24,28)/t16-/m1/s1. The molecule has 3 aromatic rings. The summed E-state index contributed by atoms with van der Waals surface area (Å²) in [5.41, 5.74) is 0.777. The van der Waals surface area contributed by atoms with Gasteiger partial charge in [-0.15, -0.1) is 11.3 Å². The van der Waals surface area contributed by atoms with Crippen molar-refractivity contribution in [2.75, 3.05) is 13.1 Å². The van der Waals surface area contributed by atoms with Gasteiger partial charge >= 0.3 is 0 Å². The molecule has 1 saturated heterocycles. The molecule has 176 valence electrons. The molecule has 1 atom stereocenters. The summed E-state index contributed by atoms with van der Waals surface area (Å²) in [6, 6.07) is 7.48. The van der Waals surface area contributed by atoms with Crippen LogP contribution in [0.3, 0.4) is 0 Å². The van der Waals surface area contributed by atoms with E-state index in [1.54, 1.807) is 25.1 Å². The van der Waals surface area contributed by atoms with Gasteiger partial charge in [-0.3, -0.25) is 4.79 Å². The van der Waals surface area contributed by atoms with E-state index in [4.69, 9.17) is 4.52 Å². The van der Waals surface area contributed by atoms with Crippen molar-refractivity contribution in [1.82, 2.24) is 19.8 Å². The lowest BCUT2D eigenvalue weighted by Gasteiger charge is -2.31. The Morgan fingerprint density at radius 3 is 2.79 bits per heavy atom. The highest BCUT2D eigenvalue weighted by molar-refractivity contribution is 7.89. The molecule has 3 heterocycles. The number of piperidine rings is 1. The van der Waals surface area contributed by atoms with Crippen molar-refractivity contribution in [1.29, 1.82) is 0 Å². The molecule has 1 N–H and O–H groups in total. The lowest BCUT2D eigenvalue weighted by Crippen LogP contribution is -2.45. The second-order valence-electron chi connectivity index (χ2n) is 7.94. The zero-order valence-electron chi connectivity index (χ0n) is 18.4. The van der Waals surface area contributed by atoms with Crippen LogP contribution in [0.2, 0.25) is 0 Å². The van der Waals surface area contributed by atoms with Gasteiger partial charge < -0.3 is 9.84 Å². The average molecular weight is 493 g/mol. The van der Waals surface area contributed by atoms with Crippen LogP contribution in [0, 0.1) is 18.7 Å². The van der Waals surface area contributed by atoms with Crippen molar-refractivity contribution in [2.24, 2.45) is 5.92 Å². The molecule has 2 aromatic heterocycles. The predicted octanol–water partition coefficient (Wildman–Crippen LogP) is 3.53. The number of carbonyl (C=O) groups is 1. The normalized spacial score (nSPS) is 17.2. The number of hydrogen-bond acceptors (Lipinski definition) is 7. The zero-order valence-corrected chi connectivity index (χ0v) is 20.0. The Bertz CT molecular complexity index is 1240. The summed E-state index contributed by atoms with van der Waals surface area (Å²) in [5.74, 6) is -0.128. The molecule has 11 heteroatoms. The van der Waals surface area contributed by atoms with Crippen molar-refractivity contribution in [3.05, 3.63) is 52.5 Å². The molecule has 1 fully saturated rings. The van der Waals surface area contributed by atoms with Crippen LogP contribution in [-0.4, -0.2) is 41.9 Å². The Hall–Kier alpha value is -2.63. The van der Waals surface area contributed by atoms with Crippen molar-refractivity contribution in [3.8, 4) is 10.7 Å². The first-order chi connectivity index (χ1) is 15.8. The molecule has 0 unspecified atom stereocenters. The Balaban J connectivity index is 1.45. The third kappa shape index (κ3) is 5.15. The molecular weight excluding hydrogens is 467 g/mol. The van der Waals surface area contributed by atoms with Gasteiger partial charge in [-0.05, 0) is 43.5 Å². The topological polar surface area (TPSA) is 105 Å². The van der Waals surface area contributed by atoms with Crippen LogP contribution in [-0.2, 0) is 27.8 Å². The summed E-state index contributed by atoms with van der Waals surface area (Å²) in [6.45, 7) is 4.38. The van der Waals surface area contributed by atoms with Crippen LogP contribution < -0.4 is 5.32 Å². The SMILES string of the molecule is CCc1nc(-c2cc(S(=O)(=O)N3CCC[C@@H](C(=O)NCc4ccc(F)cc4)C3)c(C)s2)no1. The number of amides is 1. The van der Waals surface area contributed by atoms with Gasteiger partial charge in [0.1, 0.15) is 5.82 Å². The molecule has 1 amide bonds. The molecule has 0 bridgehead atoms. The first kappa shape index (κ1) is 23.5. The molecular formula is C22H25FN4O4S2.